The van der Waals surface area contributed by atoms with Crippen LogP contribution in [0.4, 0.5) is 0 Å². The van der Waals surface area contributed by atoms with Crippen LogP contribution in [-0.2, 0) is 38.8 Å². The zero-order valence-electron chi connectivity index (χ0n) is 17.5. The van der Waals surface area contributed by atoms with Crippen molar-refractivity contribution in [3.8, 4) is 0 Å². The molecule has 0 bridgehead atoms. The van der Waals surface area contributed by atoms with E-state index in [1.165, 1.54) is 11.1 Å². The summed E-state index contributed by atoms with van der Waals surface area (Å²) in [6, 6.07) is 8.86. The summed E-state index contributed by atoms with van der Waals surface area (Å²) in [5.41, 5.74) is 4.80. The smallest absolute Gasteiger partial charge is 0.0829 e. The van der Waals surface area contributed by atoms with Crippen molar-refractivity contribution in [1.29, 1.82) is 0 Å². The fourth-order valence-corrected chi connectivity index (χ4v) is 3.28. The topological polar surface area (TPSA) is 61.4 Å². The fraction of sp³-hybridized carbons (Fsp3) is 0.545. The van der Waals surface area contributed by atoms with Gasteiger partial charge in [-0.15, -0.1) is 10.2 Å². The zero-order chi connectivity index (χ0) is 19.9. The second-order valence-corrected chi connectivity index (χ2v) is 8.46. The number of benzene rings is 1. The molecule has 28 heavy (non-hydrogen) atoms. The van der Waals surface area contributed by atoms with Gasteiger partial charge < -0.3 is 0 Å². The molecule has 0 aliphatic carbocycles. The highest BCUT2D eigenvalue weighted by Crippen LogP contribution is 2.10. The Morgan fingerprint density at radius 3 is 1.43 bits per heavy atom. The molecule has 0 aliphatic heterocycles. The van der Waals surface area contributed by atoms with Crippen LogP contribution in [0.5, 0.6) is 0 Å². The Kier molecular flexibility index (Phi) is 6.95. The first-order valence-corrected chi connectivity index (χ1v) is 10.3. The molecule has 0 atom stereocenters. The predicted molar refractivity (Wildman–Crippen MR) is 111 cm³/mol. The van der Waals surface area contributed by atoms with Crippen molar-refractivity contribution in [2.45, 2.75) is 66.5 Å². The van der Waals surface area contributed by atoms with Crippen molar-refractivity contribution >= 4 is 0 Å². The highest BCUT2D eigenvalue weighted by molar-refractivity contribution is 5.22. The average Bonchev–Trinajstić information content (AvgIpc) is 3.27. The Balaban J connectivity index is 1.45. The SMILES string of the molecule is CC(C)Cc1cn(CCc2ccc(CCn3cc(CC(C)C)nn3)cc2)nn1. The minimum atomic E-state index is 0.608. The zero-order valence-corrected chi connectivity index (χ0v) is 17.5. The van der Waals surface area contributed by atoms with Crippen LogP contribution in [0.25, 0.3) is 0 Å². The first kappa shape index (κ1) is 20.2. The lowest BCUT2D eigenvalue weighted by atomic mass is 10.1. The molecule has 0 fully saturated rings. The van der Waals surface area contributed by atoms with Gasteiger partial charge in [-0.25, -0.2) is 0 Å². The number of aromatic nitrogens is 6. The van der Waals surface area contributed by atoms with Gasteiger partial charge in [0.1, 0.15) is 0 Å². The van der Waals surface area contributed by atoms with Crippen molar-refractivity contribution < 1.29 is 0 Å². The van der Waals surface area contributed by atoms with E-state index in [0.717, 1.165) is 50.2 Å². The highest BCUT2D eigenvalue weighted by atomic mass is 15.4. The third-order valence-corrected chi connectivity index (χ3v) is 4.69. The molecular weight excluding hydrogens is 348 g/mol. The molecule has 0 saturated heterocycles. The van der Waals surface area contributed by atoms with Gasteiger partial charge in [0.2, 0.25) is 0 Å². The molecular formula is C22H32N6. The van der Waals surface area contributed by atoms with Crippen molar-refractivity contribution in [3.05, 3.63) is 59.2 Å². The lowest BCUT2D eigenvalue weighted by Gasteiger charge is -2.05. The molecule has 6 heteroatoms. The standard InChI is InChI=1S/C22H32N6/c1-17(2)13-21-15-27(25-23-21)11-9-19-5-7-20(8-6-19)10-12-28-16-22(24-26-28)14-18(3)4/h5-8,15-18H,9-14H2,1-4H3. The first-order valence-electron chi connectivity index (χ1n) is 10.3. The second-order valence-electron chi connectivity index (χ2n) is 8.46. The van der Waals surface area contributed by atoms with Gasteiger partial charge in [-0.05, 0) is 48.6 Å². The van der Waals surface area contributed by atoms with Crippen LogP contribution in [0.2, 0.25) is 0 Å². The first-order chi connectivity index (χ1) is 13.5. The van der Waals surface area contributed by atoms with E-state index in [9.17, 15) is 0 Å². The van der Waals surface area contributed by atoms with Gasteiger partial charge in [-0.2, -0.15) is 0 Å². The fourth-order valence-electron chi connectivity index (χ4n) is 3.28. The molecule has 0 aliphatic rings. The number of hydrogen-bond acceptors (Lipinski definition) is 4. The summed E-state index contributed by atoms with van der Waals surface area (Å²) in [6.07, 6.45) is 8.04. The van der Waals surface area contributed by atoms with Crippen molar-refractivity contribution in [2.24, 2.45) is 11.8 Å². The maximum atomic E-state index is 4.25. The molecule has 6 nitrogen and oxygen atoms in total. The van der Waals surface area contributed by atoms with Crippen LogP contribution >= 0.6 is 0 Å². The summed E-state index contributed by atoms with van der Waals surface area (Å²) in [5.74, 6) is 1.22. The minimum Gasteiger partial charge on any atom is -0.252 e. The van der Waals surface area contributed by atoms with Gasteiger partial charge in [0, 0.05) is 25.5 Å². The molecule has 2 heterocycles. The molecule has 0 radical (unpaired) electrons. The van der Waals surface area contributed by atoms with Crippen molar-refractivity contribution in [1.82, 2.24) is 30.0 Å². The van der Waals surface area contributed by atoms with E-state index in [1.807, 2.05) is 9.36 Å². The van der Waals surface area contributed by atoms with Crippen LogP contribution in [0.15, 0.2) is 36.7 Å². The Morgan fingerprint density at radius 2 is 1.07 bits per heavy atom. The monoisotopic (exact) mass is 380 g/mol. The Morgan fingerprint density at radius 1 is 0.679 bits per heavy atom. The quantitative estimate of drug-likeness (QED) is 0.537. The Labute approximate surface area is 168 Å². The number of aryl methyl sites for hydroxylation is 4. The second kappa shape index (κ2) is 9.62. The molecule has 3 rings (SSSR count). The van der Waals surface area contributed by atoms with Crippen LogP contribution in [0.1, 0.15) is 50.2 Å². The minimum absolute atomic E-state index is 0.608. The summed E-state index contributed by atoms with van der Waals surface area (Å²) in [6.45, 7) is 10.5. The van der Waals surface area contributed by atoms with Gasteiger partial charge in [-0.1, -0.05) is 62.4 Å². The van der Waals surface area contributed by atoms with Gasteiger partial charge in [0.15, 0.2) is 0 Å². The molecule has 0 saturated carbocycles. The van der Waals surface area contributed by atoms with Gasteiger partial charge in [0.25, 0.3) is 0 Å². The summed E-state index contributed by atoms with van der Waals surface area (Å²) >= 11 is 0. The molecule has 0 spiro atoms. The summed E-state index contributed by atoms with van der Waals surface area (Å²) in [7, 11) is 0. The van der Waals surface area contributed by atoms with E-state index in [2.05, 4.69) is 85.0 Å². The van der Waals surface area contributed by atoms with Gasteiger partial charge in [-0.3, -0.25) is 9.36 Å². The third-order valence-electron chi connectivity index (χ3n) is 4.69. The number of rotatable bonds is 10. The normalized spacial score (nSPS) is 11.6. The van der Waals surface area contributed by atoms with E-state index >= 15 is 0 Å². The average molecular weight is 381 g/mol. The van der Waals surface area contributed by atoms with Crippen molar-refractivity contribution in [2.75, 3.05) is 0 Å². The molecule has 150 valence electrons. The maximum absolute atomic E-state index is 4.25. The van der Waals surface area contributed by atoms with Crippen LogP contribution in [0, 0.1) is 11.8 Å². The molecule has 0 unspecified atom stereocenters. The molecule has 0 N–H and O–H groups in total. The van der Waals surface area contributed by atoms with Gasteiger partial charge in [0.05, 0.1) is 11.4 Å². The lowest BCUT2D eigenvalue weighted by Crippen LogP contribution is -2.03. The molecule has 3 aromatic rings. The third kappa shape index (κ3) is 6.29. The van der Waals surface area contributed by atoms with E-state index in [0.29, 0.717) is 11.8 Å². The van der Waals surface area contributed by atoms with Gasteiger partial charge >= 0.3 is 0 Å². The molecule has 2 aromatic heterocycles. The van der Waals surface area contributed by atoms with E-state index in [-0.39, 0.29) is 0 Å². The predicted octanol–water partition coefficient (Wildman–Crippen LogP) is 3.75. The summed E-state index contributed by atoms with van der Waals surface area (Å²) in [5, 5.41) is 17.0. The van der Waals surface area contributed by atoms with E-state index in [4.69, 9.17) is 0 Å². The van der Waals surface area contributed by atoms with E-state index in [1.54, 1.807) is 0 Å². The Hall–Kier alpha value is -2.50. The number of nitrogens with zero attached hydrogens (tertiary/aromatic N) is 6. The van der Waals surface area contributed by atoms with Crippen LogP contribution in [-0.4, -0.2) is 30.0 Å². The van der Waals surface area contributed by atoms with Crippen LogP contribution in [0.3, 0.4) is 0 Å². The summed E-state index contributed by atoms with van der Waals surface area (Å²) in [4.78, 5) is 0. The summed E-state index contributed by atoms with van der Waals surface area (Å²) < 4.78 is 3.90. The number of hydrogen-bond donors (Lipinski definition) is 0. The Bertz CT molecular complexity index is 773. The van der Waals surface area contributed by atoms with Crippen LogP contribution < -0.4 is 0 Å². The van der Waals surface area contributed by atoms with Crippen molar-refractivity contribution in [3.63, 3.8) is 0 Å². The maximum Gasteiger partial charge on any atom is 0.0829 e. The lowest BCUT2D eigenvalue weighted by molar-refractivity contribution is 0.585. The van der Waals surface area contributed by atoms with E-state index < -0.39 is 0 Å². The molecule has 1 aromatic carbocycles. The molecule has 0 amide bonds. The highest BCUT2D eigenvalue weighted by Gasteiger charge is 2.05. The largest absolute Gasteiger partial charge is 0.252 e.